The van der Waals surface area contributed by atoms with Crippen molar-refractivity contribution >= 4 is 28.9 Å². The number of nitrogens with zero attached hydrogens (tertiary/aromatic N) is 2. The Balaban J connectivity index is 1.79. The number of para-hydroxylation sites is 1. The van der Waals surface area contributed by atoms with E-state index in [0.717, 1.165) is 48.1 Å². The lowest BCUT2D eigenvalue weighted by molar-refractivity contribution is 0.295. The van der Waals surface area contributed by atoms with E-state index < -0.39 is 0 Å². The van der Waals surface area contributed by atoms with E-state index in [0.29, 0.717) is 5.92 Å². The first-order chi connectivity index (χ1) is 12.9. The monoisotopic (exact) mass is 402 g/mol. The van der Waals surface area contributed by atoms with Crippen LogP contribution in [-0.4, -0.2) is 31.6 Å². The largest absolute Gasteiger partial charge is 0.371 e. The van der Waals surface area contributed by atoms with Gasteiger partial charge in [0.2, 0.25) is 0 Å². The molecule has 0 N–H and O–H groups in total. The molecule has 0 aromatic heterocycles. The molecule has 0 bridgehead atoms. The van der Waals surface area contributed by atoms with Crippen LogP contribution in [0.3, 0.4) is 0 Å². The zero-order valence-corrected chi connectivity index (χ0v) is 17.9. The molecule has 1 saturated heterocycles. The molecule has 144 valence electrons. The smallest absolute Gasteiger partial charge is 0.0468 e. The van der Waals surface area contributed by atoms with Crippen molar-refractivity contribution < 1.29 is 0 Å². The lowest BCUT2D eigenvalue weighted by atomic mass is 9.83. The molecule has 2 aliphatic rings. The number of fused-ring (bicyclic) bond motifs is 1. The van der Waals surface area contributed by atoms with Gasteiger partial charge in [0.1, 0.15) is 0 Å². The molecule has 2 aromatic rings. The van der Waals surface area contributed by atoms with E-state index >= 15 is 0 Å². The minimum atomic E-state index is 0.290. The number of likely N-dealkylation sites (N-methyl/N-ethyl adjacent to an activating group) is 1. The molecule has 0 radical (unpaired) electrons. The van der Waals surface area contributed by atoms with Crippen molar-refractivity contribution in [3.8, 4) is 0 Å². The lowest BCUT2D eigenvalue weighted by Crippen LogP contribution is -2.40. The van der Waals surface area contributed by atoms with Gasteiger partial charge in [-0.1, -0.05) is 55.2 Å². The van der Waals surface area contributed by atoms with Crippen molar-refractivity contribution in [1.82, 2.24) is 4.90 Å². The van der Waals surface area contributed by atoms with Crippen molar-refractivity contribution in [2.75, 3.05) is 31.6 Å². The van der Waals surface area contributed by atoms with Gasteiger partial charge in [0.15, 0.2) is 0 Å². The van der Waals surface area contributed by atoms with Crippen LogP contribution in [0.15, 0.2) is 36.4 Å². The van der Waals surface area contributed by atoms with Crippen LogP contribution in [0.1, 0.15) is 42.9 Å². The van der Waals surface area contributed by atoms with Crippen LogP contribution in [0, 0.1) is 11.8 Å². The van der Waals surface area contributed by atoms with Gasteiger partial charge in [0.05, 0.1) is 0 Å². The van der Waals surface area contributed by atoms with E-state index in [1.165, 1.54) is 28.8 Å². The molecule has 2 aliphatic heterocycles. The number of rotatable bonds is 2. The summed E-state index contributed by atoms with van der Waals surface area (Å²) in [5.74, 6) is 1.75. The fraction of sp³-hybridized carbons (Fsp3) is 0.478. The van der Waals surface area contributed by atoms with E-state index in [4.69, 9.17) is 23.2 Å². The number of benzene rings is 2. The van der Waals surface area contributed by atoms with E-state index in [2.05, 4.69) is 61.0 Å². The molecule has 2 unspecified atom stereocenters. The van der Waals surface area contributed by atoms with Gasteiger partial charge < -0.3 is 9.80 Å². The third kappa shape index (κ3) is 3.85. The highest BCUT2D eigenvalue weighted by molar-refractivity contribution is 6.35. The predicted octanol–water partition coefficient (Wildman–Crippen LogP) is 6.05. The SMILES string of the molecule is CC1CC(C)CN(c2ccccc2[C@@H]2CN(C)Cc3c(Cl)cc(Cl)cc32)C1. The summed E-state index contributed by atoms with van der Waals surface area (Å²) in [6.07, 6.45) is 1.32. The number of halogens is 2. The Hall–Kier alpha value is -1.22. The van der Waals surface area contributed by atoms with Gasteiger partial charge in [0.25, 0.3) is 0 Å². The summed E-state index contributed by atoms with van der Waals surface area (Å²) in [6.45, 7) is 8.87. The van der Waals surface area contributed by atoms with Crippen molar-refractivity contribution in [1.29, 1.82) is 0 Å². The van der Waals surface area contributed by atoms with Gasteiger partial charge in [-0.3, -0.25) is 0 Å². The summed E-state index contributed by atoms with van der Waals surface area (Å²) >= 11 is 13.0. The second-order valence-corrected chi connectivity index (χ2v) is 9.46. The van der Waals surface area contributed by atoms with Crippen molar-refractivity contribution in [2.24, 2.45) is 11.8 Å². The summed E-state index contributed by atoms with van der Waals surface area (Å²) in [6, 6.07) is 12.9. The predicted molar refractivity (Wildman–Crippen MR) is 116 cm³/mol. The molecule has 0 aliphatic carbocycles. The van der Waals surface area contributed by atoms with E-state index in [1.54, 1.807) is 0 Å². The molecule has 3 atom stereocenters. The van der Waals surface area contributed by atoms with Crippen LogP contribution < -0.4 is 4.90 Å². The van der Waals surface area contributed by atoms with Crippen LogP contribution in [0.2, 0.25) is 10.0 Å². The number of hydrogen-bond acceptors (Lipinski definition) is 2. The maximum absolute atomic E-state index is 6.57. The minimum absolute atomic E-state index is 0.290. The number of piperidine rings is 1. The Morgan fingerprint density at radius 2 is 1.63 bits per heavy atom. The fourth-order valence-electron chi connectivity index (χ4n) is 5.04. The molecule has 0 spiro atoms. The maximum atomic E-state index is 6.57. The Labute approximate surface area is 173 Å². The summed E-state index contributed by atoms with van der Waals surface area (Å²) in [5.41, 5.74) is 5.27. The normalized spacial score (nSPS) is 26.1. The Bertz CT molecular complexity index is 825. The zero-order valence-electron chi connectivity index (χ0n) is 16.4. The molecular weight excluding hydrogens is 375 g/mol. The maximum Gasteiger partial charge on any atom is 0.0468 e. The molecule has 4 heteroatoms. The highest BCUT2D eigenvalue weighted by atomic mass is 35.5. The first kappa shape index (κ1) is 19.1. The molecule has 2 aromatic carbocycles. The van der Waals surface area contributed by atoms with Gasteiger partial charge in [-0.2, -0.15) is 0 Å². The van der Waals surface area contributed by atoms with Crippen LogP contribution >= 0.6 is 23.2 Å². The molecule has 27 heavy (non-hydrogen) atoms. The molecule has 0 saturated carbocycles. The van der Waals surface area contributed by atoms with Crippen LogP contribution in [0.5, 0.6) is 0 Å². The molecule has 0 amide bonds. The Kier molecular flexibility index (Phi) is 5.42. The van der Waals surface area contributed by atoms with Crippen molar-refractivity contribution in [3.63, 3.8) is 0 Å². The van der Waals surface area contributed by atoms with Gasteiger partial charge in [-0.05, 0) is 60.2 Å². The highest BCUT2D eigenvalue weighted by Gasteiger charge is 2.31. The molecule has 2 nitrogen and oxygen atoms in total. The third-order valence-corrected chi connectivity index (χ3v) is 6.57. The quantitative estimate of drug-likeness (QED) is 0.602. The average Bonchev–Trinajstić information content (AvgIpc) is 2.61. The summed E-state index contributed by atoms with van der Waals surface area (Å²) in [4.78, 5) is 4.96. The fourth-order valence-corrected chi connectivity index (χ4v) is 5.61. The molecular formula is C23H28Cl2N2. The Morgan fingerprint density at radius 3 is 2.37 bits per heavy atom. The summed E-state index contributed by atoms with van der Waals surface area (Å²) < 4.78 is 0. The topological polar surface area (TPSA) is 6.48 Å². The van der Waals surface area contributed by atoms with E-state index in [9.17, 15) is 0 Å². The van der Waals surface area contributed by atoms with Crippen molar-refractivity contribution in [3.05, 3.63) is 63.1 Å². The lowest BCUT2D eigenvalue weighted by Gasteiger charge is -2.40. The minimum Gasteiger partial charge on any atom is -0.371 e. The van der Waals surface area contributed by atoms with E-state index in [1.807, 2.05) is 6.07 Å². The van der Waals surface area contributed by atoms with Gasteiger partial charge in [-0.25, -0.2) is 0 Å². The van der Waals surface area contributed by atoms with Crippen LogP contribution in [0.4, 0.5) is 5.69 Å². The van der Waals surface area contributed by atoms with Gasteiger partial charge in [0, 0.05) is 47.8 Å². The second kappa shape index (κ2) is 7.66. The standard InChI is InChI=1S/C23H28Cl2N2/c1-15-8-16(2)12-27(11-15)23-7-5-4-6-18(23)20-13-26(3)14-21-19(20)9-17(24)10-22(21)25/h4-7,9-10,15-16,20H,8,11-14H2,1-3H3/t15?,16?,20-/m0/s1. The first-order valence-electron chi connectivity index (χ1n) is 9.92. The molecule has 1 fully saturated rings. The van der Waals surface area contributed by atoms with Gasteiger partial charge in [-0.15, -0.1) is 0 Å². The Morgan fingerprint density at radius 1 is 0.926 bits per heavy atom. The summed E-state index contributed by atoms with van der Waals surface area (Å²) in [7, 11) is 2.18. The van der Waals surface area contributed by atoms with Crippen LogP contribution in [0.25, 0.3) is 0 Å². The second-order valence-electron chi connectivity index (χ2n) is 8.61. The average molecular weight is 403 g/mol. The number of hydrogen-bond donors (Lipinski definition) is 0. The molecule has 4 rings (SSSR count). The van der Waals surface area contributed by atoms with Gasteiger partial charge >= 0.3 is 0 Å². The van der Waals surface area contributed by atoms with E-state index in [-0.39, 0.29) is 0 Å². The number of anilines is 1. The van der Waals surface area contributed by atoms with Crippen molar-refractivity contribution in [2.45, 2.75) is 32.7 Å². The third-order valence-electron chi connectivity index (χ3n) is 6.01. The molecule has 2 heterocycles. The zero-order chi connectivity index (χ0) is 19.1. The summed E-state index contributed by atoms with van der Waals surface area (Å²) in [5, 5.41) is 1.51. The van der Waals surface area contributed by atoms with Crippen LogP contribution in [-0.2, 0) is 6.54 Å². The first-order valence-corrected chi connectivity index (χ1v) is 10.7. The highest BCUT2D eigenvalue weighted by Crippen LogP contribution is 2.42.